The Morgan fingerprint density at radius 2 is 1.15 bits per heavy atom. The lowest BCUT2D eigenvalue weighted by molar-refractivity contribution is -0.374. The first kappa shape index (κ1) is 58.6. The van der Waals surface area contributed by atoms with Crippen molar-refractivity contribution in [3.8, 4) is 0 Å². The summed E-state index contributed by atoms with van der Waals surface area (Å²) in [6.07, 6.45) is -11.1. The second kappa shape index (κ2) is 22.7. The molecule has 3 aliphatic carbocycles. The van der Waals surface area contributed by atoms with Crippen LogP contribution in [0.1, 0.15) is 99.3 Å². The van der Waals surface area contributed by atoms with Gasteiger partial charge in [0.1, 0.15) is 61.0 Å². The van der Waals surface area contributed by atoms with E-state index < -0.39 is 147 Å². The van der Waals surface area contributed by atoms with Gasteiger partial charge in [-0.2, -0.15) is 0 Å². The predicted molar refractivity (Wildman–Crippen MR) is 265 cm³/mol. The van der Waals surface area contributed by atoms with E-state index in [1.165, 1.54) is 12.7 Å². The summed E-state index contributed by atoms with van der Waals surface area (Å²) in [6, 6.07) is 0. The summed E-state index contributed by atoms with van der Waals surface area (Å²) in [6.45, 7) is 11.8. The van der Waals surface area contributed by atoms with Crippen molar-refractivity contribution in [1.82, 2.24) is 0 Å². The number of hydrogen-bond donors (Lipinski definition) is 6. The van der Waals surface area contributed by atoms with Gasteiger partial charge in [-0.3, -0.25) is 0 Å². The number of fused-ring (bicyclic) bond motifs is 3. The van der Waals surface area contributed by atoms with Gasteiger partial charge in [-0.25, -0.2) is 0 Å². The molecule has 8 heterocycles. The molecular formula is C55H88O23. The van der Waals surface area contributed by atoms with Crippen molar-refractivity contribution in [2.75, 3.05) is 48.3 Å². The molecule has 23 nitrogen and oxygen atoms in total. The highest BCUT2D eigenvalue weighted by molar-refractivity contribution is 5.31. The molecule has 11 rings (SSSR count). The minimum absolute atomic E-state index is 0.0508. The second-order valence-electron chi connectivity index (χ2n) is 24.5. The third-order valence-electron chi connectivity index (χ3n) is 20.4. The van der Waals surface area contributed by atoms with Gasteiger partial charge in [0.05, 0.1) is 80.7 Å². The Morgan fingerprint density at radius 1 is 0.590 bits per heavy atom. The van der Waals surface area contributed by atoms with E-state index in [0.29, 0.717) is 19.4 Å². The lowest BCUT2D eigenvalue weighted by Crippen LogP contribution is -2.65. The Hall–Kier alpha value is -1.18. The fraction of sp³-hybridized carbons (Fsp3) is 0.964. The molecule has 446 valence electrons. The first-order chi connectivity index (χ1) is 37.3. The highest BCUT2D eigenvalue weighted by Crippen LogP contribution is 2.76. The van der Waals surface area contributed by atoms with Gasteiger partial charge in [-0.1, -0.05) is 18.6 Å². The van der Waals surface area contributed by atoms with Gasteiger partial charge < -0.3 is 111 Å². The summed E-state index contributed by atoms with van der Waals surface area (Å²) >= 11 is 0. The molecule has 78 heavy (non-hydrogen) atoms. The van der Waals surface area contributed by atoms with Crippen LogP contribution in [0.3, 0.4) is 0 Å². The van der Waals surface area contributed by atoms with Crippen LogP contribution in [0.25, 0.3) is 0 Å². The highest BCUT2D eigenvalue weighted by atomic mass is 16.8. The lowest BCUT2D eigenvalue weighted by atomic mass is 9.47. The molecule has 0 aromatic heterocycles. The van der Waals surface area contributed by atoms with Gasteiger partial charge in [0.15, 0.2) is 43.0 Å². The summed E-state index contributed by atoms with van der Waals surface area (Å²) in [5.41, 5.74) is 0.803. The Kier molecular flexibility index (Phi) is 17.0. The molecule has 23 heteroatoms. The summed E-state index contributed by atoms with van der Waals surface area (Å²) in [5, 5.41) is 63.7. The van der Waals surface area contributed by atoms with Crippen LogP contribution < -0.4 is 0 Å². The van der Waals surface area contributed by atoms with Crippen LogP contribution in [-0.2, 0) is 80.5 Å². The zero-order chi connectivity index (χ0) is 55.4. The Balaban J connectivity index is 0.663. The van der Waals surface area contributed by atoms with Gasteiger partial charge in [-0.15, -0.1) is 0 Å². The number of aliphatic hydroxyl groups is 6. The van der Waals surface area contributed by atoms with E-state index >= 15 is 0 Å². The molecule has 8 aliphatic heterocycles. The van der Waals surface area contributed by atoms with E-state index in [-0.39, 0.29) is 59.9 Å². The largest absolute Gasteiger partial charge is 0.395 e. The highest BCUT2D eigenvalue weighted by Gasteiger charge is 2.83. The van der Waals surface area contributed by atoms with Crippen LogP contribution >= 0.6 is 0 Å². The van der Waals surface area contributed by atoms with Crippen molar-refractivity contribution >= 4 is 0 Å². The van der Waals surface area contributed by atoms with Crippen molar-refractivity contribution in [2.45, 2.75) is 258 Å². The molecule has 0 aromatic carbocycles. The Morgan fingerprint density at radius 3 is 1.72 bits per heavy atom. The molecule has 31 atom stereocenters. The number of hydrogen-bond acceptors (Lipinski definition) is 23. The first-order valence-corrected chi connectivity index (χ1v) is 28.6. The first-order valence-electron chi connectivity index (χ1n) is 28.6. The lowest BCUT2D eigenvalue weighted by Gasteiger charge is -2.59. The van der Waals surface area contributed by atoms with Crippen LogP contribution in [0.2, 0.25) is 0 Å². The normalized spacial score (nSPS) is 55.7. The van der Waals surface area contributed by atoms with Crippen LogP contribution in [0.15, 0.2) is 11.6 Å². The van der Waals surface area contributed by atoms with Crippen molar-refractivity contribution in [2.24, 2.45) is 28.6 Å². The molecule has 0 spiro atoms. The number of rotatable bonds is 16. The molecule has 2 bridgehead atoms. The van der Waals surface area contributed by atoms with Gasteiger partial charge in [-0.05, 0) is 79.1 Å². The predicted octanol–water partition coefficient (Wildman–Crippen LogP) is 1.30. The Bertz CT molecular complexity index is 2090. The standard InChI is InChI=1S/C55H88O23/c1-24-44(32(62-7)18-37(67-24)71-29-13-16-54(23-57)28(17-29)11-12-31-30(54)14-15-52(5)49-36-22-66-53(49,6)78-55(31,52)77-36)73-38-19-33(63-8)45(25(2)68-38)74-39-20-34(64-9)46(26(3)69-39)75-51-43(61)48(65-10)47(27(4)70-51)76-50-42(60)41(59)40(58)35(21-56)72-50/h11,24-27,29-51,56-61H,12-23H2,1-10H3/t24-,25-,26-,27-,29-,30-,31+,32-,33+,34-,35-,36+,37+,38+,39+,40-,41+,42-,43-,44-,45-,46-,47-,48-,49-,50+,51+,52+,53+,54+,55-/m0/s1. The molecule has 2 saturated carbocycles. The minimum atomic E-state index is -1.67. The average molecular weight is 1120 g/mol. The molecule has 0 aromatic rings. The third kappa shape index (κ3) is 9.72. The van der Waals surface area contributed by atoms with Gasteiger partial charge >= 0.3 is 0 Å². The number of aliphatic hydroxyl groups excluding tert-OH is 6. The number of ether oxygens (including phenoxy) is 17. The number of methoxy groups -OCH3 is 4. The van der Waals surface area contributed by atoms with Crippen LogP contribution in [0, 0.1) is 28.6 Å². The van der Waals surface area contributed by atoms with Gasteiger partial charge in [0.25, 0.3) is 0 Å². The second-order valence-corrected chi connectivity index (χ2v) is 24.5. The van der Waals surface area contributed by atoms with Crippen LogP contribution in [0.4, 0.5) is 0 Å². The van der Waals surface area contributed by atoms with Crippen LogP contribution in [-0.4, -0.2) is 238 Å². The molecule has 0 amide bonds. The van der Waals surface area contributed by atoms with E-state index in [9.17, 15) is 30.6 Å². The molecule has 10 fully saturated rings. The van der Waals surface area contributed by atoms with Gasteiger partial charge in [0, 0.05) is 64.4 Å². The molecular weight excluding hydrogens is 1030 g/mol. The third-order valence-corrected chi connectivity index (χ3v) is 20.4. The fourth-order valence-corrected chi connectivity index (χ4v) is 16.5. The van der Waals surface area contributed by atoms with E-state index in [2.05, 4.69) is 19.9 Å². The zero-order valence-electron chi connectivity index (χ0n) is 46.8. The average Bonchev–Trinajstić information content (AvgIpc) is 2.71. The summed E-state index contributed by atoms with van der Waals surface area (Å²) in [5.74, 6) is -0.739. The maximum absolute atomic E-state index is 11.5. The van der Waals surface area contributed by atoms with Gasteiger partial charge in [0.2, 0.25) is 0 Å². The van der Waals surface area contributed by atoms with E-state index in [1.807, 2.05) is 20.8 Å². The van der Waals surface area contributed by atoms with Crippen molar-refractivity contribution in [1.29, 1.82) is 0 Å². The minimum Gasteiger partial charge on any atom is -0.395 e. The van der Waals surface area contributed by atoms with Crippen molar-refractivity contribution in [3.05, 3.63) is 11.6 Å². The van der Waals surface area contributed by atoms with Crippen molar-refractivity contribution < 1.29 is 111 Å². The maximum atomic E-state index is 11.5. The van der Waals surface area contributed by atoms with E-state index in [1.54, 1.807) is 28.3 Å². The SMILES string of the molecule is CO[C@H]1[C@H](O)[C@@H](O[C@H]2[C@H](C)O[C@H](O[C@H]3[C@H](C)O[C@H](O[C@H]4[C@H](C)O[C@H](O[C@H]5CC[C@@]6(CO)C(=CC[C@@H]7[C@@H]6CC[C@]6(C)[C@@H]8[C@H]9CO[C@]8(C)O[C@@]76O9)C5)C[C@@H]4OC)C[C@H]3OC)C[C@@H]2OC)O[C@@H](C)[C@@H]1O[C@H]1O[C@@H](CO)[C@H](O)[C@@H](O)[C@@H]1O. The molecule has 0 radical (unpaired) electrons. The maximum Gasteiger partial charge on any atom is 0.187 e. The zero-order valence-corrected chi connectivity index (χ0v) is 46.8. The monoisotopic (exact) mass is 1120 g/mol. The summed E-state index contributed by atoms with van der Waals surface area (Å²) in [4.78, 5) is 0. The molecule has 0 unspecified atom stereocenters. The Labute approximate surface area is 456 Å². The summed E-state index contributed by atoms with van der Waals surface area (Å²) in [7, 11) is 6.23. The fourth-order valence-electron chi connectivity index (χ4n) is 16.5. The number of allylic oxidation sites excluding steroid dienone is 1. The quantitative estimate of drug-likeness (QED) is 0.119. The molecule has 6 N–H and O–H groups in total. The van der Waals surface area contributed by atoms with E-state index in [4.69, 9.17) is 80.5 Å². The molecule has 11 aliphatic rings. The van der Waals surface area contributed by atoms with E-state index in [0.717, 1.165) is 38.5 Å². The molecule has 8 saturated heterocycles. The smallest absolute Gasteiger partial charge is 0.187 e. The van der Waals surface area contributed by atoms with Crippen LogP contribution in [0.5, 0.6) is 0 Å². The topological polar surface area (TPSA) is 278 Å². The summed E-state index contributed by atoms with van der Waals surface area (Å²) < 4.78 is 107. The van der Waals surface area contributed by atoms with Crippen molar-refractivity contribution in [3.63, 3.8) is 0 Å².